The number of halogens is 1. The smallest absolute Gasteiger partial charge is 0.258 e. The highest BCUT2D eigenvalue weighted by Gasteiger charge is 2.14. The first-order valence-electron chi connectivity index (χ1n) is 7.22. The molecule has 114 valence electrons. The second-order valence-corrected chi connectivity index (χ2v) is 5.13. The van der Waals surface area contributed by atoms with Gasteiger partial charge in [-0.25, -0.2) is 14.4 Å². The van der Waals surface area contributed by atoms with Gasteiger partial charge < -0.3 is 10.2 Å². The van der Waals surface area contributed by atoms with Crippen molar-refractivity contribution in [3.63, 3.8) is 0 Å². The van der Waals surface area contributed by atoms with Crippen molar-refractivity contribution in [2.75, 3.05) is 23.3 Å². The second-order valence-electron chi connectivity index (χ2n) is 5.13. The summed E-state index contributed by atoms with van der Waals surface area (Å²) < 4.78 is 13.5. The van der Waals surface area contributed by atoms with Crippen LogP contribution in [0.25, 0.3) is 0 Å². The van der Waals surface area contributed by atoms with E-state index < -0.39 is 11.7 Å². The van der Waals surface area contributed by atoms with Crippen molar-refractivity contribution in [2.45, 2.75) is 19.3 Å². The van der Waals surface area contributed by atoms with Gasteiger partial charge in [-0.05, 0) is 25.3 Å². The van der Waals surface area contributed by atoms with Crippen LogP contribution in [0.15, 0.2) is 30.9 Å². The highest BCUT2D eigenvalue weighted by molar-refractivity contribution is 6.04. The molecule has 0 spiro atoms. The van der Waals surface area contributed by atoms with Gasteiger partial charge in [-0.15, -0.1) is 0 Å². The summed E-state index contributed by atoms with van der Waals surface area (Å²) in [5.74, 6) is -0.548. The molecule has 1 aliphatic rings. The molecule has 2 aromatic rings. The van der Waals surface area contributed by atoms with Gasteiger partial charge in [0.25, 0.3) is 5.91 Å². The van der Waals surface area contributed by atoms with Crippen LogP contribution < -0.4 is 10.2 Å². The molecule has 3 rings (SSSR count). The first kappa shape index (κ1) is 14.4. The van der Waals surface area contributed by atoms with Gasteiger partial charge in [0.1, 0.15) is 0 Å². The van der Waals surface area contributed by atoms with Crippen LogP contribution in [0.5, 0.6) is 0 Å². The van der Waals surface area contributed by atoms with Gasteiger partial charge in [-0.3, -0.25) is 9.78 Å². The Hall–Kier alpha value is -2.57. The van der Waals surface area contributed by atoms with Gasteiger partial charge in [0.15, 0.2) is 5.82 Å². The van der Waals surface area contributed by atoms with Crippen LogP contribution in [0, 0.1) is 5.82 Å². The van der Waals surface area contributed by atoms with E-state index in [-0.39, 0.29) is 5.56 Å². The fourth-order valence-corrected chi connectivity index (χ4v) is 2.40. The molecule has 1 saturated heterocycles. The average molecular weight is 301 g/mol. The predicted octanol–water partition coefficient (Wildman–Crippen LogP) is 2.25. The van der Waals surface area contributed by atoms with Crippen LogP contribution in [-0.4, -0.2) is 33.9 Å². The van der Waals surface area contributed by atoms with Gasteiger partial charge in [0.05, 0.1) is 29.8 Å². The van der Waals surface area contributed by atoms with E-state index in [9.17, 15) is 9.18 Å². The molecule has 1 amide bonds. The zero-order chi connectivity index (χ0) is 15.4. The van der Waals surface area contributed by atoms with Gasteiger partial charge in [0.2, 0.25) is 5.95 Å². The van der Waals surface area contributed by atoms with Gasteiger partial charge in [-0.1, -0.05) is 0 Å². The summed E-state index contributed by atoms with van der Waals surface area (Å²) in [5.41, 5.74) is 0.372. The third-order valence-corrected chi connectivity index (χ3v) is 3.55. The summed E-state index contributed by atoms with van der Waals surface area (Å²) in [6, 6.07) is 1.33. The molecule has 22 heavy (non-hydrogen) atoms. The van der Waals surface area contributed by atoms with Crippen LogP contribution in [-0.2, 0) is 0 Å². The van der Waals surface area contributed by atoms with Gasteiger partial charge >= 0.3 is 0 Å². The summed E-state index contributed by atoms with van der Waals surface area (Å²) in [6.07, 6.45) is 8.97. The van der Waals surface area contributed by atoms with Crippen molar-refractivity contribution >= 4 is 17.5 Å². The Balaban J connectivity index is 1.68. The van der Waals surface area contributed by atoms with E-state index in [2.05, 4.69) is 25.2 Å². The summed E-state index contributed by atoms with van der Waals surface area (Å²) in [5, 5.41) is 2.58. The van der Waals surface area contributed by atoms with Crippen molar-refractivity contribution < 1.29 is 9.18 Å². The van der Waals surface area contributed by atoms with Crippen LogP contribution in [0.2, 0.25) is 0 Å². The first-order valence-corrected chi connectivity index (χ1v) is 7.22. The number of aromatic nitrogens is 3. The third-order valence-electron chi connectivity index (χ3n) is 3.55. The molecule has 0 atom stereocenters. The molecule has 0 bridgehead atoms. The largest absolute Gasteiger partial charge is 0.341 e. The second kappa shape index (κ2) is 6.46. The standard InChI is InChI=1S/C15H16FN5O/c16-13-10-17-5-4-12(13)14(22)20-11-8-18-15(19-9-11)21-6-2-1-3-7-21/h4-5,8-10H,1-3,6-7H2,(H,20,22). The molecule has 7 heteroatoms. The molecule has 1 aliphatic heterocycles. The van der Waals surface area contributed by atoms with Crippen molar-refractivity contribution in [1.29, 1.82) is 0 Å². The third kappa shape index (κ3) is 3.19. The number of pyridine rings is 1. The normalized spacial score (nSPS) is 14.7. The zero-order valence-corrected chi connectivity index (χ0v) is 12.0. The van der Waals surface area contributed by atoms with Crippen LogP contribution in [0.1, 0.15) is 29.6 Å². The number of nitrogens with one attached hydrogen (secondary N) is 1. The van der Waals surface area contributed by atoms with Crippen molar-refractivity contribution in [2.24, 2.45) is 0 Å². The summed E-state index contributed by atoms with van der Waals surface area (Å²) in [7, 11) is 0. The Bertz CT molecular complexity index is 655. The Morgan fingerprint density at radius 2 is 1.86 bits per heavy atom. The number of hydrogen-bond donors (Lipinski definition) is 1. The van der Waals surface area contributed by atoms with E-state index >= 15 is 0 Å². The molecule has 3 heterocycles. The summed E-state index contributed by atoms with van der Waals surface area (Å²) >= 11 is 0. The van der Waals surface area contributed by atoms with Gasteiger partial charge in [0, 0.05) is 19.3 Å². The lowest BCUT2D eigenvalue weighted by molar-refractivity contribution is 0.102. The predicted molar refractivity (Wildman–Crippen MR) is 80.2 cm³/mol. The number of carbonyl (C=O) groups excluding carboxylic acids is 1. The molecule has 0 aromatic carbocycles. The minimum Gasteiger partial charge on any atom is -0.341 e. The van der Waals surface area contributed by atoms with Crippen molar-refractivity contribution in [3.8, 4) is 0 Å². The molecule has 0 aliphatic carbocycles. The molecular formula is C15H16FN5O. The molecule has 0 saturated carbocycles. The number of anilines is 2. The van der Waals surface area contributed by atoms with Gasteiger partial charge in [-0.2, -0.15) is 0 Å². The maximum absolute atomic E-state index is 13.5. The SMILES string of the molecule is O=C(Nc1cnc(N2CCCCC2)nc1)c1ccncc1F. The zero-order valence-electron chi connectivity index (χ0n) is 12.0. The van der Waals surface area contributed by atoms with Crippen molar-refractivity contribution in [1.82, 2.24) is 15.0 Å². The quantitative estimate of drug-likeness (QED) is 0.941. The monoisotopic (exact) mass is 301 g/mol. The lowest BCUT2D eigenvalue weighted by Gasteiger charge is -2.26. The van der Waals surface area contributed by atoms with E-state index in [4.69, 9.17) is 0 Å². The lowest BCUT2D eigenvalue weighted by Crippen LogP contribution is -2.30. The number of carbonyl (C=O) groups is 1. The Labute approximate surface area is 127 Å². The Morgan fingerprint density at radius 1 is 1.14 bits per heavy atom. The minimum absolute atomic E-state index is 0.0601. The lowest BCUT2D eigenvalue weighted by atomic mass is 10.1. The first-order chi connectivity index (χ1) is 10.7. The maximum Gasteiger partial charge on any atom is 0.258 e. The molecule has 1 fully saturated rings. The van der Waals surface area contributed by atoms with E-state index in [0.717, 1.165) is 32.1 Å². The van der Waals surface area contributed by atoms with Crippen LogP contribution >= 0.6 is 0 Å². The van der Waals surface area contributed by atoms with Crippen LogP contribution in [0.3, 0.4) is 0 Å². The maximum atomic E-state index is 13.5. The average Bonchev–Trinajstić information content (AvgIpc) is 2.57. The highest BCUT2D eigenvalue weighted by atomic mass is 19.1. The molecule has 2 aromatic heterocycles. The Kier molecular flexibility index (Phi) is 4.22. The van der Waals surface area contributed by atoms with Crippen LogP contribution in [0.4, 0.5) is 16.0 Å². The fourth-order valence-electron chi connectivity index (χ4n) is 2.40. The van der Waals surface area contributed by atoms with E-state index in [0.29, 0.717) is 11.6 Å². The minimum atomic E-state index is -0.661. The molecular weight excluding hydrogens is 285 g/mol. The van der Waals surface area contributed by atoms with Crippen molar-refractivity contribution in [3.05, 3.63) is 42.2 Å². The summed E-state index contributed by atoms with van der Waals surface area (Å²) in [6.45, 7) is 1.90. The van der Waals surface area contributed by atoms with E-state index in [1.807, 2.05) is 0 Å². The number of hydrogen-bond acceptors (Lipinski definition) is 5. The van der Waals surface area contributed by atoms with E-state index in [1.165, 1.54) is 31.1 Å². The number of piperidine rings is 1. The highest BCUT2D eigenvalue weighted by Crippen LogP contribution is 2.16. The van der Waals surface area contributed by atoms with E-state index in [1.54, 1.807) is 0 Å². The number of nitrogens with zero attached hydrogens (tertiary/aromatic N) is 4. The number of rotatable bonds is 3. The Morgan fingerprint density at radius 3 is 2.55 bits per heavy atom. The molecule has 0 unspecified atom stereocenters. The summed E-state index contributed by atoms with van der Waals surface area (Å²) in [4.78, 5) is 26.2. The molecule has 0 radical (unpaired) electrons. The fraction of sp³-hybridized carbons (Fsp3) is 0.333. The molecule has 6 nitrogen and oxygen atoms in total. The molecule has 1 N–H and O–H groups in total. The number of amides is 1. The topological polar surface area (TPSA) is 71.0 Å².